The van der Waals surface area contributed by atoms with Crippen molar-refractivity contribution in [1.29, 1.82) is 0 Å². The minimum atomic E-state index is 0. The van der Waals surface area contributed by atoms with Gasteiger partial charge in [0.05, 0.1) is 0 Å². The van der Waals surface area contributed by atoms with Crippen LogP contribution in [0.2, 0.25) is 0 Å². The molecule has 0 atom stereocenters. The maximum absolute atomic E-state index is 2.19. The summed E-state index contributed by atoms with van der Waals surface area (Å²) in [5.74, 6) is 0. The molecule has 0 amide bonds. The van der Waals surface area contributed by atoms with Crippen molar-refractivity contribution in [3.63, 3.8) is 0 Å². The van der Waals surface area contributed by atoms with E-state index in [1.54, 1.807) is 0 Å². The van der Waals surface area contributed by atoms with Crippen molar-refractivity contribution in [1.82, 2.24) is 0 Å². The summed E-state index contributed by atoms with van der Waals surface area (Å²) >= 11 is 0. The van der Waals surface area contributed by atoms with Crippen molar-refractivity contribution in [2.75, 3.05) is 0 Å². The Morgan fingerprint density at radius 1 is 0.692 bits per heavy atom. The zero-order valence-corrected chi connectivity index (χ0v) is 13.9. The monoisotopic (exact) mass is 403 g/mol. The molecule has 1 aromatic carbocycles. The van der Waals surface area contributed by atoms with Crippen LogP contribution in [0.1, 0.15) is 30.5 Å². The summed E-state index contributed by atoms with van der Waals surface area (Å²) in [6.45, 7) is 10.4. The molecule has 1 heteroatoms. The van der Waals surface area contributed by atoms with E-state index in [-0.39, 0.29) is 38.5 Å². The summed E-state index contributed by atoms with van der Waals surface area (Å²) in [7, 11) is 0. The van der Waals surface area contributed by atoms with E-state index in [0.717, 1.165) is 0 Å². The first-order chi connectivity index (χ1) is 5.18. The molecule has 0 fully saturated rings. The average molecular weight is 403 g/mol. The molecule has 0 aliphatic heterocycles. The van der Waals surface area contributed by atoms with Crippen LogP contribution >= 0.6 is 0 Å². The van der Waals surface area contributed by atoms with Crippen LogP contribution in [0.5, 0.6) is 0 Å². The Hall–Kier alpha value is 0.272. The number of aryl methyl sites for hydroxylation is 3. The summed E-state index contributed by atoms with van der Waals surface area (Å²) in [5, 5.41) is 0. The van der Waals surface area contributed by atoms with Crippen LogP contribution in [0.15, 0.2) is 18.2 Å². The molecule has 1 rings (SSSR count). The van der Waals surface area contributed by atoms with E-state index in [0.29, 0.717) is 0 Å². The maximum atomic E-state index is 2.19. The van der Waals surface area contributed by atoms with E-state index >= 15 is 0 Å². The maximum Gasteiger partial charge on any atom is 0 e. The second-order valence-electron chi connectivity index (χ2n) is 2.67. The summed E-state index contributed by atoms with van der Waals surface area (Å²) in [4.78, 5) is 0. The molecule has 0 N–H and O–H groups in total. The number of hydrogen-bond acceptors (Lipinski definition) is 0. The van der Waals surface area contributed by atoms with Gasteiger partial charge in [0.2, 0.25) is 0 Å². The van der Waals surface area contributed by atoms with Crippen LogP contribution in [-0.4, -0.2) is 0 Å². The van der Waals surface area contributed by atoms with Gasteiger partial charge in [0, 0.05) is 31.1 Å². The van der Waals surface area contributed by atoms with Crippen molar-refractivity contribution in [2.45, 2.75) is 34.6 Å². The Labute approximate surface area is 108 Å². The van der Waals surface area contributed by atoms with Gasteiger partial charge >= 0.3 is 0 Å². The van der Waals surface area contributed by atoms with Gasteiger partial charge in [0.25, 0.3) is 0 Å². The average Bonchev–Trinajstić information content (AvgIpc) is 1.88. The first-order valence-electron chi connectivity index (χ1n) is 4.23. The van der Waals surface area contributed by atoms with Crippen LogP contribution in [0.3, 0.4) is 0 Å². The zero-order valence-electron chi connectivity index (χ0n) is 9.73. The van der Waals surface area contributed by atoms with E-state index in [4.69, 9.17) is 0 Å². The Balaban J connectivity index is -0.000000234. The van der Waals surface area contributed by atoms with Crippen LogP contribution < -0.4 is 0 Å². The first kappa shape index (κ1) is 18.9. The molecule has 0 spiro atoms. The third-order valence-electron chi connectivity index (χ3n) is 1.37. The molecule has 0 radical (unpaired) electrons. The quantitative estimate of drug-likeness (QED) is 0.573. The molecular weight excluding hydrogens is 382 g/mol. The zero-order chi connectivity index (χ0) is 8.85. The predicted molar refractivity (Wildman–Crippen MR) is 58.4 cm³/mol. The van der Waals surface area contributed by atoms with E-state index in [2.05, 4.69) is 39.0 Å². The van der Waals surface area contributed by atoms with E-state index in [1.165, 1.54) is 16.7 Å². The smallest absolute Gasteiger partial charge is 0 e. The Kier molecular flexibility index (Phi) is 15.1. The van der Waals surface area contributed by atoms with Crippen LogP contribution in [0.25, 0.3) is 0 Å². The SMILES string of the molecule is CC.Cc1cc(C)cc(C)c1.[CH3-].[U]. The molecule has 1 aromatic rings. The van der Waals surface area contributed by atoms with Gasteiger partial charge < -0.3 is 7.43 Å². The third kappa shape index (κ3) is 8.60. The Bertz CT molecular complexity index is 166. The minimum absolute atomic E-state index is 0. The molecule has 0 bridgehead atoms. The second-order valence-corrected chi connectivity index (χ2v) is 2.67. The molecule has 74 valence electrons. The molecule has 0 aliphatic rings. The van der Waals surface area contributed by atoms with Gasteiger partial charge in [0.1, 0.15) is 0 Å². The molecule has 0 aromatic heterocycles. The number of hydrogen-bond donors (Lipinski definition) is 0. The Morgan fingerprint density at radius 2 is 0.846 bits per heavy atom. The van der Waals surface area contributed by atoms with Gasteiger partial charge in [-0.05, 0) is 20.8 Å². The normalized spacial score (nSPS) is 7.15. The molecule has 0 heterocycles. The van der Waals surface area contributed by atoms with Crippen molar-refractivity contribution in [2.24, 2.45) is 0 Å². The van der Waals surface area contributed by atoms with Crippen molar-refractivity contribution in [3.8, 4) is 0 Å². The molecule has 0 unspecified atom stereocenters. The minimum Gasteiger partial charge on any atom is -0.358 e. The standard InChI is InChI=1S/C9H12.C2H6.CH3.U/c1-7-4-8(2)6-9(3)5-7;1-2;;/h4-6H,1-3H3;1-2H3;1H3;/q;;-1;. The van der Waals surface area contributed by atoms with Crippen molar-refractivity contribution < 1.29 is 31.1 Å². The number of rotatable bonds is 0. The van der Waals surface area contributed by atoms with Crippen LogP contribution in [0, 0.1) is 59.3 Å². The fourth-order valence-corrected chi connectivity index (χ4v) is 1.20. The Morgan fingerprint density at radius 3 is 1.00 bits per heavy atom. The summed E-state index contributed by atoms with van der Waals surface area (Å²) < 4.78 is 0. The van der Waals surface area contributed by atoms with Gasteiger partial charge in [-0.15, -0.1) is 0 Å². The van der Waals surface area contributed by atoms with Crippen LogP contribution in [-0.2, 0) is 0 Å². The molecular formula is C12H21U-. The van der Waals surface area contributed by atoms with Crippen molar-refractivity contribution >= 4 is 0 Å². The third-order valence-corrected chi connectivity index (χ3v) is 1.37. The first-order valence-corrected chi connectivity index (χ1v) is 4.23. The van der Waals surface area contributed by atoms with Crippen LogP contribution in [0.4, 0.5) is 0 Å². The van der Waals surface area contributed by atoms with Gasteiger partial charge in [0.15, 0.2) is 0 Å². The summed E-state index contributed by atoms with van der Waals surface area (Å²) in [5.41, 5.74) is 4.06. The number of benzene rings is 1. The molecule has 0 aliphatic carbocycles. The van der Waals surface area contributed by atoms with Gasteiger partial charge in [-0.25, -0.2) is 0 Å². The summed E-state index contributed by atoms with van der Waals surface area (Å²) in [6, 6.07) is 6.56. The van der Waals surface area contributed by atoms with Gasteiger partial charge in [-0.3, -0.25) is 0 Å². The molecule has 0 saturated carbocycles. The van der Waals surface area contributed by atoms with E-state index < -0.39 is 0 Å². The van der Waals surface area contributed by atoms with Gasteiger partial charge in [-0.2, -0.15) is 0 Å². The molecule has 13 heavy (non-hydrogen) atoms. The molecule has 0 saturated heterocycles. The van der Waals surface area contributed by atoms with Gasteiger partial charge in [-0.1, -0.05) is 48.7 Å². The second kappa shape index (κ2) is 10.4. The summed E-state index contributed by atoms with van der Waals surface area (Å²) in [6.07, 6.45) is 0. The van der Waals surface area contributed by atoms with E-state index in [1.807, 2.05) is 13.8 Å². The fraction of sp³-hybridized carbons (Fsp3) is 0.417. The predicted octanol–water partition coefficient (Wildman–Crippen LogP) is 4.09. The van der Waals surface area contributed by atoms with Crippen molar-refractivity contribution in [3.05, 3.63) is 42.3 Å². The largest absolute Gasteiger partial charge is 0.358 e. The molecule has 0 nitrogen and oxygen atoms in total. The topological polar surface area (TPSA) is 0 Å². The fourth-order valence-electron chi connectivity index (χ4n) is 1.20. The van der Waals surface area contributed by atoms with E-state index in [9.17, 15) is 0 Å².